The second kappa shape index (κ2) is 7.11. The van der Waals surface area contributed by atoms with E-state index in [0.29, 0.717) is 29.4 Å². The standard InChI is InChI=1S/C15H18Cl2N4O/c1-15(2,11-5-6-12(16)13(17)8-11)20-14(22)4-3-7-21-10-18-9-19-21/h5-6,8-10H,3-4,7H2,1-2H3,(H,20,22). The van der Waals surface area contributed by atoms with E-state index in [1.807, 2.05) is 19.9 Å². The quantitative estimate of drug-likeness (QED) is 0.876. The van der Waals surface area contributed by atoms with Crippen LogP contribution in [0, 0.1) is 0 Å². The number of rotatable bonds is 6. The highest BCUT2D eigenvalue weighted by molar-refractivity contribution is 6.42. The zero-order valence-electron chi connectivity index (χ0n) is 12.5. The smallest absolute Gasteiger partial charge is 0.220 e. The molecule has 0 bridgehead atoms. The van der Waals surface area contributed by atoms with Gasteiger partial charge in [-0.15, -0.1) is 0 Å². The van der Waals surface area contributed by atoms with E-state index < -0.39 is 5.54 Å². The minimum atomic E-state index is -0.515. The Kier molecular flexibility index (Phi) is 5.42. The van der Waals surface area contributed by atoms with Crippen LogP contribution in [0.3, 0.4) is 0 Å². The molecule has 22 heavy (non-hydrogen) atoms. The van der Waals surface area contributed by atoms with Gasteiger partial charge in [0.15, 0.2) is 0 Å². The number of halogens is 2. The van der Waals surface area contributed by atoms with E-state index in [1.54, 1.807) is 23.1 Å². The molecule has 0 saturated carbocycles. The van der Waals surface area contributed by atoms with Crippen molar-refractivity contribution in [2.75, 3.05) is 0 Å². The minimum absolute atomic E-state index is 0.0174. The molecular formula is C15H18Cl2N4O. The average Bonchev–Trinajstić information content (AvgIpc) is 2.94. The summed E-state index contributed by atoms with van der Waals surface area (Å²) in [7, 11) is 0. The molecule has 0 saturated heterocycles. The molecule has 1 aromatic carbocycles. The summed E-state index contributed by atoms with van der Waals surface area (Å²) in [5, 5.41) is 7.99. The Morgan fingerprint density at radius 1 is 1.32 bits per heavy atom. The largest absolute Gasteiger partial charge is 0.347 e. The maximum absolute atomic E-state index is 12.1. The van der Waals surface area contributed by atoms with Crippen LogP contribution >= 0.6 is 23.2 Å². The van der Waals surface area contributed by atoms with Gasteiger partial charge in [0.25, 0.3) is 0 Å². The van der Waals surface area contributed by atoms with Crippen molar-refractivity contribution >= 4 is 29.1 Å². The number of benzene rings is 1. The van der Waals surface area contributed by atoms with E-state index >= 15 is 0 Å². The van der Waals surface area contributed by atoms with Crippen LogP contribution < -0.4 is 5.32 Å². The van der Waals surface area contributed by atoms with Gasteiger partial charge < -0.3 is 5.32 Å². The first-order valence-electron chi connectivity index (χ1n) is 6.97. The summed E-state index contributed by atoms with van der Waals surface area (Å²) in [6, 6.07) is 5.38. The van der Waals surface area contributed by atoms with Gasteiger partial charge in [0.2, 0.25) is 5.91 Å². The molecule has 0 radical (unpaired) electrons. The molecule has 1 amide bonds. The number of amides is 1. The van der Waals surface area contributed by atoms with Crippen molar-refractivity contribution in [2.24, 2.45) is 0 Å². The van der Waals surface area contributed by atoms with Gasteiger partial charge in [-0.05, 0) is 38.0 Å². The second-order valence-corrected chi connectivity index (χ2v) is 6.38. The van der Waals surface area contributed by atoms with E-state index in [4.69, 9.17) is 23.2 Å². The van der Waals surface area contributed by atoms with E-state index in [2.05, 4.69) is 15.4 Å². The molecule has 7 heteroatoms. The summed E-state index contributed by atoms with van der Waals surface area (Å²) in [5.74, 6) is -0.0174. The lowest BCUT2D eigenvalue weighted by Crippen LogP contribution is -2.41. The first kappa shape index (κ1) is 16.8. The monoisotopic (exact) mass is 340 g/mol. The number of nitrogens with zero attached hydrogens (tertiary/aromatic N) is 3. The van der Waals surface area contributed by atoms with Crippen LogP contribution in [-0.4, -0.2) is 20.7 Å². The zero-order valence-corrected chi connectivity index (χ0v) is 14.0. The lowest BCUT2D eigenvalue weighted by Gasteiger charge is -2.27. The van der Waals surface area contributed by atoms with Crippen LogP contribution in [0.1, 0.15) is 32.3 Å². The first-order valence-corrected chi connectivity index (χ1v) is 7.73. The van der Waals surface area contributed by atoms with Crippen molar-refractivity contribution in [3.63, 3.8) is 0 Å². The van der Waals surface area contributed by atoms with E-state index in [-0.39, 0.29) is 5.91 Å². The van der Waals surface area contributed by atoms with E-state index in [0.717, 1.165) is 5.56 Å². The Hall–Kier alpha value is -1.59. The third-order valence-electron chi connectivity index (χ3n) is 3.35. The number of carbonyl (C=O) groups excluding carboxylic acids is 1. The summed E-state index contributed by atoms with van der Waals surface area (Å²) < 4.78 is 1.71. The van der Waals surface area contributed by atoms with Crippen LogP contribution in [-0.2, 0) is 16.9 Å². The van der Waals surface area contributed by atoms with Gasteiger partial charge in [-0.1, -0.05) is 29.3 Å². The van der Waals surface area contributed by atoms with Crippen molar-refractivity contribution in [3.8, 4) is 0 Å². The maximum atomic E-state index is 12.1. The van der Waals surface area contributed by atoms with E-state index in [9.17, 15) is 4.79 Å². The lowest BCUT2D eigenvalue weighted by atomic mass is 9.94. The maximum Gasteiger partial charge on any atom is 0.220 e. The first-order chi connectivity index (χ1) is 10.4. The summed E-state index contributed by atoms with van der Waals surface area (Å²) in [4.78, 5) is 16.0. The molecule has 0 fully saturated rings. The van der Waals surface area contributed by atoms with Crippen molar-refractivity contribution in [1.29, 1.82) is 0 Å². The molecule has 0 spiro atoms. The molecule has 5 nitrogen and oxygen atoms in total. The summed E-state index contributed by atoms with van der Waals surface area (Å²) in [5.41, 5.74) is 0.394. The van der Waals surface area contributed by atoms with Crippen LogP contribution in [0.4, 0.5) is 0 Å². The van der Waals surface area contributed by atoms with Crippen LogP contribution in [0.25, 0.3) is 0 Å². The van der Waals surface area contributed by atoms with Crippen molar-refractivity contribution in [2.45, 2.75) is 38.8 Å². The third kappa shape index (κ3) is 4.45. The Morgan fingerprint density at radius 3 is 2.73 bits per heavy atom. The lowest BCUT2D eigenvalue weighted by molar-refractivity contribution is -0.122. The van der Waals surface area contributed by atoms with Gasteiger partial charge in [0.1, 0.15) is 12.7 Å². The predicted octanol–water partition coefficient (Wildman–Crippen LogP) is 3.42. The second-order valence-electron chi connectivity index (χ2n) is 5.56. The van der Waals surface area contributed by atoms with Crippen LogP contribution in [0.15, 0.2) is 30.9 Å². The highest BCUT2D eigenvalue weighted by Crippen LogP contribution is 2.28. The molecule has 1 N–H and O–H groups in total. The molecular weight excluding hydrogens is 323 g/mol. The summed E-state index contributed by atoms with van der Waals surface area (Å²) in [6.45, 7) is 4.53. The molecule has 1 heterocycles. The number of nitrogens with one attached hydrogen (secondary N) is 1. The van der Waals surface area contributed by atoms with Crippen molar-refractivity contribution in [1.82, 2.24) is 20.1 Å². The van der Waals surface area contributed by atoms with Crippen LogP contribution in [0.2, 0.25) is 10.0 Å². The number of aromatic nitrogens is 3. The predicted molar refractivity (Wildman–Crippen MR) is 86.9 cm³/mol. The molecule has 118 valence electrons. The third-order valence-corrected chi connectivity index (χ3v) is 4.09. The van der Waals surface area contributed by atoms with Gasteiger partial charge >= 0.3 is 0 Å². The Morgan fingerprint density at radius 2 is 2.09 bits per heavy atom. The Bertz CT molecular complexity index is 641. The van der Waals surface area contributed by atoms with E-state index in [1.165, 1.54) is 6.33 Å². The molecule has 0 aliphatic carbocycles. The molecule has 2 aromatic rings. The van der Waals surface area contributed by atoms with Gasteiger partial charge in [-0.2, -0.15) is 5.10 Å². The molecule has 0 atom stereocenters. The SMILES string of the molecule is CC(C)(NC(=O)CCCn1cncn1)c1ccc(Cl)c(Cl)c1. The Balaban J connectivity index is 1.89. The molecule has 0 aliphatic rings. The highest BCUT2D eigenvalue weighted by atomic mass is 35.5. The summed E-state index contributed by atoms with van der Waals surface area (Å²) in [6.07, 6.45) is 4.24. The normalized spacial score (nSPS) is 11.5. The molecule has 0 unspecified atom stereocenters. The van der Waals surface area contributed by atoms with Gasteiger partial charge in [0.05, 0.1) is 15.6 Å². The molecule has 1 aromatic heterocycles. The average molecular weight is 341 g/mol. The number of aryl methyl sites for hydroxylation is 1. The van der Waals surface area contributed by atoms with Crippen LogP contribution in [0.5, 0.6) is 0 Å². The van der Waals surface area contributed by atoms with Gasteiger partial charge in [-0.3, -0.25) is 9.48 Å². The van der Waals surface area contributed by atoms with Gasteiger partial charge in [-0.25, -0.2) is 4.98 Å². The fraction of sp³-hybridized carbons (Fsp3) is 0.400. The zero-order chi connectivity index (χ0) is 16.2. The fourth-order valence-corrected chi connectivity index (χ4v) is 2.42. The molecule has 0 aliphatic heterocycles. The Labute approximate surface area is 139 Å². The van der Waals surface area contributed by atoms with Gasteiger partial charge in [0, 0.05) is 13.0 Å². The topological polar surface area (TPSA) is 59.8 Å². The summed E-state index contributed by atoms with van der Waals surface area (Å²) >= 11 is 12.0. The van der Waals surface area contributed by atoms with Crippen molar-refractivity contribution in [3.05, 3.63) is 46.5 Å². The highest BCUT2D eigenvalue weighted by Gasteiger charge is 2.23. The molecule has 2 rings (SSSR count). The fourth-order valence-electron chi connectivity index (χ4n) is 2.12. The number of carbonyl (C=O) groups is 1. The number of hydrogen-bond donors (Lipinski definition) is 1. The minimum Gasteiger partial charge on any atom is -0.347 e. The number of hydrogen-bond acceptors (Lipinski definition) is 3. The van der Waals surface area contributed by atoms with Crippen molar-refractivity contribution < 1.29 is 4.79 Å².